The van der Waals surface area contributed by atoms with Crippen LogP contribution in [0.3, 0.4) is 0 Å². The van der Waals surface area contributed by atoms with E-state index in [1.165, 1.54) is 0 Å². The molecular formula is C26H28N4O3. The van der Waals surface area contributed by atoms with Gasteiger partial charge in [0.05, 0.1) is 6.54 Å². The molecule has 0 heterocycles. The fourth-order valence-corrected chi connectivity index (χ4v) is 3.31. The molecule has 0 saturated carbocycles. The third kappa shape index (κ3) is 6.67. The van der Waals surface area contributed by atoms with Crippen molar-refractivity contribution in [3.05, 3.63) is 90.0 Å². The van der Waals surface area contributed by atoms with Gasteiger partial charge in [-0.25, -0.2) is 0 Å². The highest BCUT2D eigenvalue weighted by Gasteiger charge is 2.13. The van der Waals surface area contributed by atoms with Crippen LogP contribution in [0.2, 0.25) is 0 Å². The molecular weight excluding hydrogens is 416 g/mol. The van der Waals surface area contributed by atoms with Gasteiger partial charge in [0.25, 0.3) is 11.8 Å². The van der Waals surface area contributed by atoms with Crippen molar-refractivity contribution < 1.29 is 14.4 Å². The van der Waals surface area contributed by atoms with E-state index in [0.717, 1.165) is 0 Å². The molecule has 0 aliphatic rings. The summed E-state index contributed by atoms with van der Waals surface area (Å²) in [5, 5.41) is 8.69. The van der Waals surface area contributed by atoms with E-state index < -0.39 is 0 Å². The number of rotatable bonds is 9. The minimum Gasteiger partial charge on any atom is -0.376 e. The molecule has 7 nitrogen and oxygen atoms in total. The number of hydrogen-bond acceptors (Lipinski definition) is 4. The van der Waals surface area contributed by atoms with E-state index in [9.17, 15) is 14.4 Å². The molecule has 0 atom stereocenters. The Balaban J connectivity index is 1.56. The first-order valence-electron chi connectivity index (χ1n) is 10.9. The van der Waals surface area contributed by atoms with Gasteiger partial charge in [-0.1, -0.05) is 30.3 Å². The maximum Gasteiger partial charge on any atom is 0.255 e. The van der Waals surface area contributed by atoms with Crippen LogP contribution in [-0.2, 0) is 4.79 Å². The number of nitrogens with one attached hydrogen (secondary N) is 3. The van der Waals surface area contributed by atoms with Crippen LogP contribution in [0.15, 0.2) is 78.9 Å². The van der Waals surface area contributed by atoms with Gasteiger partial charge in [-0.3, -0.25) is 14.4 Å². The van der Waals surface area contributed by atoms with Gasteiger partial charge >= 0.3 is 0 Å². The second kappa shape index (κ2) is 11.5. The summed E-state index contributed by atoms with van der Waals surface area (Å²) in [6, 6.07) is 23.0. The summed E-state index contributed by atoms with van der Waals surface area (Å²) in [6.07, 6.45) is 0. The summed E-state index contributed by atoms with van der Waals surface area (Å²) in [5.41, 5.74) is 2.96. The molecule has 0 aliphatic carbocycles. The first kappa shape index (κ1) is 23.5. The van der Waals surface area contributed by atoms with Crippen LogP contribution in [0.1, 0.15) is 34.6 Å². The zero-order valence-corrected chi connectivity index (χ0v) is 18.8. The Hall–Kier alpha value is -4.13. The molecule has 3 amide bonds. The highest BCUT2D eigenvalue weighted by Crippen LogP contribution is 2.17. The Kier molecular flexibility index (Phi) is 8.18. The molecule has 0 bridgehead atoms. The first-order chi connectivity index (χ1) is 16.0. The minimum absolute atomic E-state index is 0.0313. The molecule has 0 saturated heterocycles. The highest BCUT2D eigenvalue weighted by molar-refractivity contribution is 6.04. The number of nitrogens with zero attached hydrogens (tertiary/aromatic N) is 1. The molecule has 0 aliphatic heterocycles. The maximum absolute atomic E-state index is 12.5. The fourth-order valence-electron chi connectivity index (χ4n) is 3.31. The third-order valence-corrected chi connectivity index (χ3v) is 5.05. The molecule has 0 spiro atoms. The van der Waals surface area contributed by atoms with Gasteiger partial charge in [0.1, 0.15) is 0 Å². The molecule has 7 heteroatoms. The standard InChI is InChI=1S/C26H28N4O3/c1-3-30(4-2)26(33)20-12-8-13-21(16-20)27-18-24(31)28-22-14-9-15-23(17-22)29-25(32)19-10-6-5-7-11-19/h5-17,27H,3-4,18H2,1-2H3,(H,28,31)(H,29,32). The van der Waals surface area contributed by atoms with Gasteiger partial charge in [0.15, 0.2) is 0 Å². The van der Waals surface area contributed by atoms with Gasteiger partial charge in [-0.15, -0.1) is 0 Å². The van der Waals surface area contributed by atoms with Gasteiger partial charge in [-0.05, 0) is 62.4 Å². The van der Waals surface area contributed by atoms with Crippen molar-refractivity contribution >= 4 is 34.8 Å². The molecule has 33 heavy (non-hydrogen) atoms. The van der Waals surface area contributed by atoms with Crippen molar-refractivity contribution in [1.82, 2.24) is 4.90 Å². The van der Waals surface area contributed by atoms with Crippen molar-refractivity contribution in [3.63, 3.8) is 0 Å². The summed E-state index contributed by atoms with van der Waals surface area (Å²) in [7, 11) is 0. The maximum atomic E-state index is 12.5. The summed E-state index contributed by atoms with van der Waals surface area (Å²) in [4.78, 5) is 39.0. The molecule has 0 aromatic heterocycles. The van der Waals surface area contributed by atoms with Crippen LogP contribution in [0.4, 0.5) is 17.1 Å². The number of anilines is 3. The molecule has 3 aromatic rings. The summed E-state index contributed by atoms with van der Waals surface area (Å²) >= 11 is 0. The predicted octanol–water partition coefficient (Wildman–Crippen LogP) is 4.47. The molecule has 3 rings (SSSR count). The third-order valence-electron chi connectivity index (χ3n) is 5.05. The van der Waals surface area contributed by atoms with Gasteiger partial charge in [0.2, 0.25) is 5.91 Å². The zero-order valence-electron chi connectivity index (χ0n) is 18.8. The smallest absolute Gasteiger partial charge is 0.255 e. The van der Waals surface area contributed by atoms with Crippen LogP contribution < -0.4 is 16.0 Å². The average Bonchev–Trinajstić information content (AvgIpc) is 2.84. The Bertz CT molecular complexity index is 1110. The number of carbonyl (C=O) groups excluding carboxylic acids is 3. The zero-order chi connectivity index (χ0) is 23.6. The van der Waals surface area contributed by atoms with E-state index in [1.54, 1.807) is 71.6 Å². The van der Waals surface area contributed by atoms with Crippen molar-refractivity contribution in [2.75, 3.05) is 35.6 Å². The topological polar surface area (TPSA) is 90.5 Å². The average molecular weight is 445 g/mol. The minimum atomic E-state index is -0.248. The Morgan fingerprint density at radius 1 is 0.697 bits per heavy atom. The lowest BCUT2D eigenvalue weighted by Crippen LogP contribution is -2.30. The monoisotopic (exact) mass is 444 g/mol. The van der Waals surface area contributed by atoms with E-state index in [0.29, 0.717) is 41.3 Å². The number of amides is 3. The number of hydrogen-bond donors (Lipinski definition) is 3. The molecule has 0 unspecified atom stereocenters. The molecule has 0 radical (unpaired) electrons. The highest BCUT2D eigenvalue weighted by atomic mass is 16.2. The van der Waals surface area contributed by atoms with Crippen molar-refractivity contribution in [2.24, 2.45) is 0 Å². The van der Waals surface area contributed by atoms with Crippen LogP contribution in [0.25, 0.3) is 0 Å². The Morgan fingerprint density at radius 3 is 2.00 bits per heavy atom. The van der Waals surface area contributed by atoms with Crippen molar-refractivity contribution in [3.8, 4) is 0 Å². The lowest BCUT2D eigenvalue weighted by atomic mass is 10.1. The van der Waals surface area contributed by atoms with E-state index >= 15 is 0 Å². The lowest BCUT2D eigenvalue weighted by Gasteiger charge is -2.19. The van der Waals surface area contributed by atoms with Crippen LogP contribution in [0.5, 0.6) is 0 Å². The quantitative estimate of drug-likeness (QED) is 0.454. The summed E-state index contributed by atoms with van der Waals surface area (Å²) < 4.78 is 0. The van der Waals surface area contributed by atoms with E-state index in [-0.39, 0.29) is 24.3 Å². The van der Waals surface area contributed by atoms with Crippen molar-refractivity contribution in [2.45, 2.75) is 13.8 Å². The van der Waals surface area contributed by atoms with Crippen molar-refractivity contribution in [1.29, 1.82) is 0 Å². The van der Waals surface area contributed by atoms with E-state index in [2.05, 4.69) is 16.0 Å². The Morgan fingerprint density at radius 2 is 1.30 bits per heavy atom. The van der Waals surface area contributed by atoms with Crippen LogP contribution in [0, 0.1) is 0 Å². The van der Waals surface area contributed by atoms with Gasteiger partial charge in [-0.2, -0.15) is 0 Å². The first-order valence-corrected chi connectivity index (χ1v) is 10.9. The second-order valence-corrected chi connectivity index (χ2v) is 7.36. The van der Waals surface area contributed by atoms with Gasteiger partial charge in [0, 0.05) is 41.3 Å². The SMILES string of the molecule is CCN(CC)C(=O)c1cccc(NCC(=O)Nc2cccc(NC(=O)c3ccccc3)c2)c1. The predicted molar refractivity (Wildman–Crippen MR) is 132 cm³/mol. The van der Waals surface area contributed by atoms with Crippen LogP contribution >= 0.6 is 0 Å². The Labute approximate surface area is 193 Å². The molecule has 3 N–H and O–H groups in total. The summed E-state index contributed by atoms with van der Waals surface area (Å²) in [6.45, 7) is 5.19. The fraction of sp³-hybridized carbons (Fsp3) is 0.192. The van der Waals surface area contributed by atoms with Crippen LogP contribution in [-0.4, -0.2) is 42.3 Å². The largest absolute Gasteiger partial charge is 0.376 e. The van der Waals surface area contributed by atoms with Gasteiger partial charge < -0.3 is 20.9 Å². The number of benzene rings is 3. The normalized spacial score (nSPS) is 10.2. The lowest BCUT2D eigenvalue weighted by molar-refractivity contribution is -0.114. The second-order valence-electron chi connectivity index (χ2n) is 7.36. The molecule has 0 fully saturated rings. The molecule has 3 aromatic carbocycles. The summed E-state index contributed by atoms with van der Waals surface area (Å²) in [5.74, 6) is -0.510. The number of carbonyl (C=O) groups is 3. The van der Waals surface area contributed by atoms with E-state index in [1.807, 2.05) is 26.0 Å². The molecule has 170 valence electrons. The van der Waals surface area contributed by atoms with E-state index in [4.69, 9.17) is 0 Å².